The van der Waals surface area contributed by atoms with Crippen LogP contribution in [0.5, 0.6) is 0 Å². The summed E-state index contributed by atoms with van der Waals surface area (Å²) < 4.78 is 0. The van der Waals surface area contributed by atoms with Crippen molar-refractivity contribution in [3.05, 3.63) is 5.21 Å². The summed E-state index contributed by atoms with van der Waals surface area (Å²) in [5.74, 6) is 0. The largest absolute Gasteiger partial charge is 0.634 e. The summed E-state index contributed by atoms with van der Waals surface area (Å²) in [4.78, 5) is 0. The highest BCUT2D eigenvalue weighted by molar-refractivity contribution is 4.90. The Hall–Kier alpha value is -0.120. The zero-order valence-electron chi connectivity index (χ0n) is 7.49. The first kappa shape index (κ1) is 9.88. The van der Waals surface area contributed by atoms with Crippen molar-refractivity contribution in [3.63, 3.8) is 0 Å². The van der Waals surface area contributed by atoms with E-state index in [0.717, 1.165) is 0 Å². The van der Waals surface area contributed by atoms with Crippen LogP contribution in [0, 0.1) is 5.21 Å². The minimum Gasteiger partial charge on any atom is -0.634 e. The molecule has 0 fully saturated rings. The predicted molar refractivity (Wildman–Crippen MR) is 42.6 cm³/mol. The van der Waals surface area contributed by atoms with Gasteiger partial charge >= 0.3 is 0 Å². The van der Waals surface area contributed by atoms with Gasteiger partial charge in [0.15, 0.2) is 0 Å². The number of nitrogens with two attached hydrogens (primary N) is 1. The minimum absolute atomic E-state index is 0.139. The standard InChI is InChI=1S/C7H18N2O/c1-6(2,8)7(3,4)9(5)10/h9H,8H2,1-5H3. The third kappa shape index (κ3) is 1.68. The second-order valence-corrected chi connectivity index (χ2v) is 3.90. The molecule has 0 bridgehead atoms. The van der Waals surface area contributed by atoms with E-state index in [2.05, 4.69) is 0 Å². The smallest absolute Gasteiger partial charge is 0.109 e. The first-order valence-corrected chi connectivity index (χ1v) is 3.49. The van der Waals surface area contributed by atoms with Gasteiger partial charge in [0.2, 0.25) is 0 Å². The Labute approximate surface area is 62.8 Å². The lowest BCUT2D eigenvalue weighted by atomic mass is 9.83. The minimum atomic E-state index is -0.432. The zero-order valence-corrected chi connectivity index (χ0v) is 7.49. The van der Waals surface area contributed by atoms with Crippen molar-refractivity contribution >= 4 is 0 Å². The first-order chi connectivity index (χ1) is 4.19. The topological polar surface area (TPSA) is 53.5 Å². The normalized spacial score (nSPS) is 17.1. The third-order valence-electron chi connectivity index (χ3n) is 2.49. The van der Waals surface area contributed by atoms with Crippen molar-refractivity contribution in [1.29, 1.82) is 0 Å². The van der Waals surface area contributed by atoms with Gasteiger partial charge in [-0.15, -0.1) is 0 Å². The quantitative estimate of drug-likeness (QED) is 0.517. The maximum absolute atomic E-state index is 11.0. The van der Waals surface area contributed by atoms with Gasteiger partial charge in [-0.2, -0.15) is 0 Å². The molecule has 0 aromatic carbocycles. The molecule has 0 aromatic rings. The van der Waals surface area contributed by atoms with E-state index in [-0.39, 0.29) is 5.06 Å². The van der Waals surface area contributed by atoms with Gasteiger partial charge in [-0.25, -0.2) is 0 Å². The Morgan fingerprint density at radius 1 is 1.20 bits per heavy atom. The van der Waals surface area contributed by atoms with E-state index in [0.29, 0.717) is 0 Å². The molecule has 0 aliphatic carbocycles. The molecule has 0 saturated heterocycles. The van der Waals surface area contributed by atoms with Crippen LogP contribution < -0.4 is 10.8 Å². The van der Waals surface area contributed by atoms with Crippen LogP contribution in [0.3, 0.4) is 0 Å². The summed E-state index contributed by atoms with van der Waals surface area (Å²) in [7, 11) is 1.58. The van der Waals surface area contributed by atoms with Crippen LogP contribution in [0.4, 0.5) is 0 Å². The van der Waals surface area contributed by atoms with Crippen LogP contribution in [0.1, 0.15) is 27.7 Å². The summed E-state index contributed by atoms with van der Waals surface area (Å²) in [5.41, 5.74) is 4.94. The van der Waals surface area contributed by atoms with Gasteiger partial charge in [0, 0.05) is 0 Å². The second kappa shape index (κ2) is 2.49. The average molecular weight is 146 g/mol. The lowest BCUT2D eigenvalue weighted by Crippen LogP contribution is -3.15. The zero-order chi connectivity index (χ0) is 8.58. The molecule has 1 atom stereocenters. The predicted octanol–water partition coefficient (Wildman–Crippen LogP) is -0.485. The van der Waals surface area contributed by atoms with Crippen LogP contribution in [-0.2, 0) is 0 Å². The number of hydroxylamine groups is 2. The molecule has 0 rings (SSSR count). The van der Waals surface area contributed by atoms with Crippen LogP contribution >= 0.6 is 0 Å². The van der Waals surface area contributed by atoms with Gasteiger partial charge in [-0.05, 0) is 27.7 Å². The molecule has 0 heterocycles. The molecule has 3 heteroatoms. The highest BCUT2D eigenvalue weighted by Crippen LogP contribution is 2.13. The number of hydrogen-bond acceptors (Lipinski definition) is 2. The summed E-state index contributed by atoms with van der Waals surface area (Å²) in [5, 5.41) is 11.2. The summed E-state index contributed by atoms with van der Waals surface area (Å²) in [6.45, 7) is 7.48. The van der Waals surface area contributed by atoms with Gasteiger partial charge in [-0.1, -0.05) is 0 Å². The Morgan fingerprint density at radius 2 is 1.50 bits per heavy atom. The number of quaternary nitrogens is 1. The molecule has 0 aromatic heterocycles. The fourth-order valence-corrected chi connectivity index (χ4v) is 0.454. The summed E-state index contributed by atoms with van der Waals surface area (Å²) >= 11 is 0. The molecule has 0 aliphatic heterocycles. The van der Waals surface area contributed by atoms with Crippen molar-refractivity contribution < 1.29 is 5.06 Å². The van der Waals surface area contributed by atoms with Crippen LogP contribution in [-0.4, -0.2) is 18.1 Å². The van der Waals surface area contributed by atoms with Crippen LogP contribution in [0.15, 0.2) is 0 Å². The maximum atomic E-state index is 11.0. The van der Waals surface area contributed by atoms with Gasteiger partial charge in [0.1, 0.15) is 5.54 Å². The summed E-state index contributed by atoms with van der Waals surface area (Å²) in [6.07, 6.45) is 0. The molecule has 0 saturated carbocycles. The monoisotopic (exact) mass is 146 g/mol. The van der Waals surface area contributed by atoms with E-state index in [1.54, 1.807) is 7.05 Å². The highest BCUT2D eigenvalue weighted by Gasteiger charge is 2.37. The van der Waals surface area contributed by atoms with Crippen molar-refractivity contribution in [1.82, 2.24) is 0 Å². The van der Waals surface area contributed by atoms with Gasteiger partial charge in [0.25, 0.3) is 0 Å². The van der Waals surface area contributed by atoms with Crippen molar-refractivity contribution in [3.8, 4) is 0 Å². The number of likely N-dealkylation sites (N-methyl/N-ethyl adjacent to an activating group) is 1. The van der Waals surface area contributed by atoms with Crippen LogP contribution in [0.25, 0.3) is 0 Å². The van der Waals surface area contributed by atoms with E-state index >= 15 is 0 Å². The van der Waals surface area contributed by atoms with Gasteiger partial charge in [-0.3, -0.25) is 0 Å². The molecule has 0 aliphatic rings. The van der Waals surface area contributed by atoms with E-state index in [4.69, 9.17) is 5.73 Å². The highest BCUT2D eigenvalue weighted by atomic mass is 16.5. The molecule has 3 N–H and O–H groups in total. The molecular weight excluding hydrogens is 128 g/mol. The fraction of sp³-hybridized carbons (Fsp3) is 1.00. The van der Waals surface area contributed by atoms with Crippen molar-refractivity contribution in [2.24, 2.45) is 5.73 Å². The number of rotatable bonds is 2. The summed E-state index contributed by atoms with van der Waals surface area (Å²) in [6, 6.07) is 0. The van der Waals surface area contributed by atoms with E-state index in [1.807, 2.05) is 27.7 Å². The maximum Gasteiger partial charge on any atom is 0.109 e. The lowest BCUT2D eigenvalue weighted by Gasteiger charge is -2.44. The van der Waals surface area contributed by atoms with E-state index < -0.39 is 11.1 Å². The number of nitrogens with one attached hydrogen (secondary N) is 1. The molecule has 62 valence electrons. The Bertz CT molecular complexity index is 113. The van der Waals surface area contributed by atoms with Gasteiger partial charge in [0.05, 0.1) is 12.6 Å². The van der Waals surface area contributed by atoms with Crippen molar-refractivity contribution in [2.75, 3.05) is 7.05 Å². The lowest BCUT2D eigenvalue weighted by molar-refractivity contribution is -0.885. The molecular formula is C7H18N2O. The van der Waals surface area contributed by atoms with E-state index in [9.17, 15) is 5.21 Å². The first-order valence-electron chi connectivity index (χ1n) is 3.49. The molecule has 10 heavy (non-hydrogen) atoms. The molecule has 1 unspecified atom stereocenters. The second-order valence-electron chi connectivity index (χ2n) is 3.90. The Kier molecular flexibility index (Phi) is 2.46. The molecule has 3 nitrogen and oxygen atoms in total. The molecule has 0 amide bonds. The SMILES string of the molecule is C[NH+]([O-])C(C)(C)C(C)(C)N. The number of hydrogen-bond donors (Lipinski definition) is 2. The average Bonchev–Trinajstić information content (AvgIpc) is 1.62. The third-order valence-corrected chi connectivity index (χ3v) is 2.49. The Balaban J connectivity index is 4.40. The van der Waals surface area contributed by atoms with Crippen LogP contribution in [0.2, 0.25) is 0 Å². The Morgan fingerprint density at radius 3 is 1.50 bits per heavy atom. The van der Waals surface area contributed by atoms with Gasteiger partial charge < -0.3 is 16.0 Å². The van der Waals surface area contributed by atoms with E-state index in [1.165, 1.54) is 0 Å². The van der Waals surface area contributed by atoms with Crippen molar-refractivity contribution in [2.45, 2.75) is 38.8 Å². The fourth-order valence-electron chi connectivity index (χ4n) is 0.454. The molecule has 0 radical (unpaired) electrons. The molecule has 0 spiro atoms.